The van der Waals surface area contributed by atoms with E-state index in [2.05, 4.69) is 25.2 Å². The third-order valence-corrected chi connectivity index (χ3v) is 5.93. The van der Waals surface area contributed by atoms with E-state index in [4.69, 9.17) is 14.2 Å². The van der Waals surface area contributed by atoms with Crippen LogP contribution in [0.1, 0.15) is 37.3 Å². The number of aromatic carboxylic acids is 1. The number of carbonyl (C=O) groups excluding carboxylic acids is 1. The molecule has 2 N–H and O–H groups in total. The molecule has 12 heteroatoms. The van der Waals surface area contributed by atoms with Crippen LogP contribution in [0.25, 0.3) is 0 Å². The van der Waals surface area contributed by atoms with Gasteiger partial charge in [-0.25, -0.2) is 19.6 Å². The van der Waals surface area contributed by atoms with Gasteiger partial charge >= 0.3 is 12.0 Å². The van der Waals surface area contributed by atoms with Crippen LogP contribution in [-0.2, 0) is 9.47 Å². The summed E-state index contributed by atoms with van der Waals surface area (Å²) in [4.78, 5) is 40.9. The molecule has 0 aromatic carbocycles. The Balaban J connectivity index is 1.32. The van der Waals surface area contributed by atoms with Crippen LogP contribution in [0.2, 0.25) is 0 Å². The average Bonchev–Trinajstić information content (AvgIpc) is 3.16. The van der Waals surface area contributed by atoms with E-state index >= 15 is 0 Å². The molecule has 2 aromatic rings. The fraction of sp³-hybridized carbons (Fsp3) is 0.500. The maximum absolute atomic E-state index is 13.3. The number of ether oxygens (including phenoxy) is 3. The van der Waals surface area contributed by atoms with Gasteiger partial charge in [-0.15, -0.1) is 0 Å². The summed E-state index contributed by atoms with van der Waals surface area (Å²) in [7, 11) is 0. The Bertz CT molecular complexity index is 1110. The number of carboxylic acid groups (broad SMARTS) is 1. The molecule has 2 fully saturated rings. The predicted molar refractivity (Wildman–Crippen MR) is 120 cm³/mol. The van der Waals surface area contributed by atoms with Crippen LogP contribution in [0.3, 0.4) is 0 Å². The summed E-state index contributed by atoms with van der Waals surface area (Å²) in [6.07, 6.45) is 2.94. The Hall–Kier alpha value is -3.51. The van der Waals surface area contributed by atoms with Crippen molar-refractivity contribution in [2.24, 2.45) is 0 Å². The Morgan fingerprint density at radius 3 is 2.94 bits per heavy atom. The number of hydrogen-bond donors (Lipinski definition) is 2. The minimum Gasteiger partial charge on any atom is -0.475 e. The van der Waals surface area contributed by atoms with Gasteiger partial charge in [0, 0.05) is 19.2 Å². The third-order valence-electron chi connectivity index (χ3n) is 5.93. The van der Waals surface area contributed by atoms with Gasteiger partial charge in [-0.1, -0.05) is 6.07 Å². The van der Waals surface area contributed by atoms with E-state index in [0.717, 1.165) is 19.4 Å². The molecule has 2 bridgehead atoms. The Morgan fingerprint density at radius 1 is 1.32 bits per heavy atom. The number of urea groups is 1. The molecule has 2 atom stereocenters. The minimum atomic E-state index is -1.25. The molecule has 0 unspecified atom stereocenters. The van der Waals surface area contributed by atoms with Crippen molar-refractivity contribution in [1.29, 1.82) is 0 Å². The second-order valence-corrected chi connectivity index (χ2v) is 8.87. The van der Waals surface area contributed by atoms with Gasteiger partial charge in [0.25, 0.3) is 0 Å². The zero-order valence-electron chi connectivity index (χ0n) is 18.9. The van der Waals surface area contributed by atoms with Gasteiger partial charge in [0.2, 0.25) is 11.7 Å². The van der Waals surface area contributed by atoms with E-state index in [-0.39, 0.29) is 30.4 Å². The van der Waals surface area contributed by atoms with Crippen LogP contribution >= 0.6 is 0 Å². The number of carbonyl (C=O) groups is 2. The molecule has 12 nitrogen and oxygen atoms in total. The minimum absolute atomic E-state index is 0.139. The van der Waals surface area contributed by atoms with E-state index in [1.54, 1.807) is 18.2 Å². The summed E-state index contributed by atoms with van der Waals surface area (Å²) < 4.78 is 17.0. The van der Waals surface area contributed by atoms with Crippen LogP contribution in [-0.4, -0.2) is 76.3 Å². The second kappa shape index (κ2) is 8.69. The molecule has 5 rings (SSSR count). The van der Waals surface area contributed by atoms with Gasteiger partial charge in [-0.05, 0) is 32.8 Å². The summed E-state index contributed by atoms with van der Waals surface area (Å²) in [6, 6.07) is 4.49. The van der Waals surface area contributed by atoms with Crippen molar-refractivity contribution in [2.75, 3.05) is 41.4 Å². The second-order valence-electron chi connectivity index (χ2n) is 8.87. The van der Waals surface area contributed by atoms with Crippen LogP contribution in [0.4, 0.5) is 22.1 Å². The standard InChI is InChI=1S/C22H26N6O6/c1-22(2)33-12-14(34-22)11-32-17-7-3-6-16(24-17)25-21(31)28-13-5-4-8-27(10-13)15-9-23-18(20(29)30)26-19(15)28/h3,6-7,9,13-14H,4-5,8,10-12H2,1-2H3,(H,29,30)(H,24,25,31)/t13-,14-/m0/s1. The molecule has 2 amide bonds. The van der Waals surface area contributed by atoms with E-state index in [1.807, 2.05) is 13.8 Å². The first-order chi connectivity index (χ1) is 16.3. The SMILES string of the molecule is CC1(C)OC[C@H](COc2cccc(NC(=O)N3c4nc(C(=O)O)ncc4N4CCC[C@H]3C4)n2)O1. The Morgan fingerprint density at radius 2 is 2.18 bits per heavy atom. The molecule has 5 heterocycles. The highest BCUT2D eigenvalue weighted by molar-refractivity contribution is 6.04. The Labute approximate surface area is 195 Å². The number of anilines is 3. The van der Waals surface area contributed by atoms with Gasteiger partial charge in [-0.3, -0.25) is 10.2 Å². The monoisotopic (exact) mass is 470 g/mol. The lowest BCUT2D eigenvalue weighted by molar-refractivity contribution is -0.141. The van der Waals surface area contributed by atoms with Crippen molar-refractivity contribution in [3.63, 3.8) is 0 Å². The van der Waals surface area contributed by atoms with Crippen molar-refractivity contribution < 1.29 is 28.9 Å². The van der Waals surface area contributed by atoms with Crippen LogP contribution < -0.4 is 19.9 Å². The molecule has 3 aliphatic heterocycles. The number of fused-ring (bicyclic) bond motifs is 4. The summed E-state index contributed by atoms with van der Waals surface area (Å²) in [6.45, 7) is 5.82. The highest BCUT2D eigenvalue weighted by atomic mass is 16.7. The Kier molecular flexibility index (Phi) is 5.70. The predicted octanol–water partition coefficient (Wildman–Crippen LogP) is 2.12. The molecule has 0 radical (unpaired) electrons. The van der Waals surface area contributed by atoms with Crippen LogP contribution in [0, 0.1) is 0 Å². The zero-order valence-corrected chi connectivity index (χ0v) is 18.9. The number of nitrogens with one attached hydrogen (secondary N) is 1. The summed E-state index contributed by atoms with van der Waals surface area (Å²) >= 11 is 0. The summed E-state index contributed by atoms with van der Waals surface area (Å²) in [5.74, 6) is -1.31. The maximum Gasteiger partial charge on any atom is 0.374 e. The topological polar surface area (TPSA) is 139 Å². The van der Waals surface area contributed by atoms with Crippen molar-refractivity contribution >= 4 is 29.3 Å². The van der Waals surface area contributed by atoms with E-state index in [0.29, 0.717) is 30.5 Å². The molecular weight excluding hydrogens is 444 g/mol. The number of nitrogens with zero attached hydrogens (tertiary/aromatic N) is 5. The van der Waals surface area contributed by atoms with Gasteiger partial charge in [0.05, 0.1) is 24.5 Å². The van der Waals surface area contributed by atoms with Crippen molar-refractivity contribution in [3.8, 4) is 5.88 Å². The molecule has 3 aliphatic rings. The summed E-state index contributed by atoms with van der Waals surface area (Å²) in [5.41, 5.74) is 0.642. The molecule has 2 aromatic heterocycles. The van der Waals surface area contributed by atoms with Gasteiger partial charge in [0.1, 0.15) is 18.5 Å². The first-order valence-corrected chi connectivity index (χ1v) is 11.2. The average molecular weight is 470 g/mol. The maximum atomic E-state index is 13.3. The number of amides is 2. The largest absolute Gasteiger partial charge is 0.475 e. The smallest absolute Gasteiger partial charge is 0.374 e. The fourth-order valence-corrected chi connectivity index (χ4v) is 4.45. The van der Waals surface area contributed by atoms with Crippen LogP contribution in [0.5, 0.6) is 5.88 Å². The lowest BCUT2D eigenvalue weighted by Crippen LogP contribution is -2.56. The number of pyridine rings is 1. The zero-order chi connectivity index (χ0) is 23.9. The normalized spacial score (nSPS) is 22.8. The first-order valence-electron chi connectivity index (χ1n) is 11.2. The molecule has 180 valence electrons. The summed E-state index contributed by atoms with van der Waals surface area (Å²) in [5, 5.41) is 12.1. The molecule has 0 spiro atoms. The fourth-order valence-electron chi connectivity index (χ4n) is 4.45. The number of rotatable bonds is 5. The highest BCUT2D eigenvalue weighted by Crippen LogP contribution is 2.37. The van der Waals surface area contributed by atoms with Crippen LogP contribution in [0.15, 0.2) is 24.4 Å². The van der Waals surface area contributed by atoms with E-state index < -0.39 is 17.8 Å². The number of carboxylic acids is 1. The lowest BCUT2D eigenvalue weighted by atomic mass is 10.0. The highest BCUT2D eigenvalue weighted by Gasteiger charge is 2.39. The lowest BCUT2D eigenvalue weighted by Gasteiger charge is -2.45. The first kappa shape index (κ1) is 22.3. The van der Waals surface area contributed by atoms with Crippen molar-refractivity contribution in [3.05, 3.63) is 30.2 Å². The molecule has 0 aliphatic carbocycles. The van der Waals surface area contributed by atoms with Crippen molar-refractivity contribution in [1.82, 2.24) is 15.0 Å². The number of piperidine rings is 1. The molecule has 0 saturated carbocycles. The van der Waals surface area contributed by atoms with Crippen molar-refractivity contribution in [2.45, 2.75) is 44.6 Å². The van der Waals surface area contributed by atoms with E-state index in [1.165, 1.54) is 11.1 Å². The van der Waals surface area contributed by atoms with E-state index in [9.17, 15) is 14.7 Å². The quantitative estimate of drug-likeness (QED) is 0.668. The molecular formula is C22H26N6O6. The van der Waals surface area contributed by atoms with Gasteiger partial charge < -0.3 is 24.2 Å². The third kappa shape index (κ3) is 4.46. The molecule has 34 heavy (non-hydrogen) atoms. The molecule has 2 saturated heterocycles. The van der Waals surface area contributed by atoms with Gasteiger partial charge in [0.15, 0.2) is 11.6 Å². The number of hydrogen-bond acceptors (Lipinski definition) is 9. The number of aromatic nitrogens is 3. The van der Waals surface area contributed by atoms with Gasteiger partial charge in [-0.2, -0.15) is 4.98 Å².